The predicted octanol–water partition coefficient (Wildman–Crippen LogP) is 0.278. The van der Waals surface area contributed by atoms with E-state index >= 15 is 0 Å². The molecule has 7 heteroatoms. The van der Waals surface area contributed by atoms with Crippen molar-refractivity contribution in [2.75, 3.05) is 33.4 Å². The maximum atomic E-state index is 10.4. The van der Waals surface area contributed by atoms with Crippen molar-refractivity contribution < 1.29 is 17.0 Å². The van der Waals surface area contributed by atoms with E-state index in [2.05, 4.69) is 10.0 Å². The number of rotatable bonds is 3. The van der Waals surface area contributed by atoms with Crippen LogP contribution in [0.25, 0.3) is 0 Å². The second-order valence-electron chi connectivity index (χ2n) is 3.37. The van der Waals surface area contributed by atoms with E-state index in [0.717, 1.165) is 13.2 Å². The van der Waals surface area contributed by atoms with Gasteiger partial charge in [0, 0.05) is 13.7 Å². The fourth-order valence-corrected chi connectivity index (χ4v) is 1.40. The van der Waals surface area contributed by atoms with Crippen molar-refractivity contribution in [3.05, 3.63) is 0 Å². The van der Waals surface area contributed by atoms with Crippen molar-refractivity contribution in [3.8, 4) is 0 Å². The Balaban J connectivity index is 0.000000336. The molecule has 15 heavy (non-hydrogen) atoms. The molecule has 0 bridgehead atoms. The summed E-state index contributed by atoms with van der Waals surface area (Å²) in [6.45, 7) is 4.57. The molecule has 0 radical (unpaired) electrons. The Labute approximate surface area is 90.7 Å². The lowest BCUT2D eigenvalue weighted by atomic mass is 10.1. The van der Waals surface area contributed by atoms with Gasteiger partial charge in [-0.3, -0.25) is 0 Å². The van der Waals surface area contributed by atoms with Gasteiger partial charge in [0.2, 0.25) is 0 Å². The Morgan fingerprint density at radius 1 is 1.33 bits per heavy atom. The molecule has 0 aliphatic carbocycles. The van der Waals surface area contributed by atoms with Crippen LogP contribution in [-0.4, -0.2) is 46.7 Å². The highest BCUT2D eigenvalue weighted by Gasteiger charge is 2.08. The highest BCUT2D eigenvalue weighted by molar-refractivity contribution is 7.83. The van der Waals surface area contributed by atoms with Gasteiger partial charge in [0.15, 0.2) is 0 Å². The molecule has 1 aliphatic rings. The van der Waals surface area contributed by atoms with Crippen LogP contribution in [0, 0.1) is 0 Å². The van der Waals surface area contributed by atoms with Gasteiger partial charge >= 0.3 is 10.4 Å². The molecule has 1 heterocycles. The molecule has 0 aromatic carbocycles. The zero-order valence-electron chi connectivity index (χ0n) is 8.99. The molecule has 1 saturated heterocycles. The van der Waals surface area contributed by atoms with E-state index in [1.807, 2.05) is 0 Å². The maximum Gasteiger partial charge on any atom is 0.369 e. The van der Waals surface area contributed by atoms with Gasteiger partial charge in [-0.1, -0.05) is 10.3 Å². The summed E-state index contributed by atoms with van der Waals surface area (Å²) >= 11 is 0. The molecular formula is C8H19FN2O3S. The molecule has 0 spiro atoms. The summed E-state index contributed by atoms with van der Waals surface area (Å²) < 4.78 is 32.9. The first-order valence-electron chi connectivity index (χ1n) is 4.87. The lowest BCUT2D eigenvalue weighted by molar-refractivity contribution is 0.135. The van der Waals surface area contributed by atoms with Crippen LogP contribution in [0.4, 0.5) is 3.89 Å². The van der Waals surface area contributed by atoms with Crippen LogP contribution in [-0.2, 0) is 15.1 Å². The Kier molecular flexibility index (Phi) is 7.85. The third kappa shape index (κ3) is 13.8. The summed E-state index contributed by atoms with van der Waals surface area (Å²) in [5, 5.41) is 3.66. The molecule has 0 aromatic rings. The average Bonchev–Trinajstić information content (AvgIpc) is 2.14. The number of likely N-dealkylation sites (tertiary alicyclic amines) is 1. The van der Waals surface area contributed by atoms with Crippen LogP contribution in [0.15, 0.2) is 0 Å². The van der Waals surface area contributed by atoms with Crippen LogP contribution in [0.5, 0.6) is 0 Å². The minimum absolute atomic E-state index is 0.889. The predicted molar refractivity (Wildman–Crippen MR) is 56.4 cm³/mol. The minimum atomic E-state index is -4.67. The topological polar surface area (TPSA) is 72.6 Å². The van der Waals surface area contributed by atoms with E-state index in [9.17, 15) is 3.89 Å². The third-order valence-electron chi connectivity index (χ3n) is 2.06. The van der Waals surface area contributed by atoms with Gasteiger partial charge in [0.25, 0.3) is 0 Å². The molecular weight excluding hydrogens is 223 g/mol. The number of piperidine rings is 1. The van der Waals surface area contributed by atoms with Crippen molar-refractivity contribution in [2.45, 2.75) is 19.3 Å². The van der Waals surface area contributed by atoms with Gasteiger partial charge in [0.05, 0.1) is 6.61 Å². The van der Waals surface area contributed by atoms with Crippen LogP contribution in [0.3, 0.4) is 0 Å². The lowest BCUT2D eigenvalue weighted by Gasteiger charge is -2.25. The van der Waals surface area contributed by atoms with Crippen molar-refractivity contribution >= 4 is 10.4 Å². The summed E-state index contributed by atoms with van der Waals surface area (Å²) in [6.07, 6.45) is 4.18. The number of hydrogen-bond acceptors (Lipinski definition) is 4. The normalized spacial score (nSPS) is 18.1. The summed E-state index contributed by atoms with van der Waals surface area (Å²) in [6, 6.07) is 0. The maximum absolute atomic E-state index is 10.4. The largest absolute Gasteiger partial charge is 0.383 e. The molecule has 2 N–H and O–H groups in total. The molecule has 92 valence electrons. The first-order chi connectivity index (χ1) is 6.93. The highest BCUT2D eigenvalue weighted by atomic mass is 32.3. The van der Waals surface area contributed by atoms with Crippen molar-refractivity contribution in [1.29, 1.82) is 0 Å². The van der Waals surface area contributed by atoms with E-state index in [1.165, 1.54) is 32.4 Å². The second-order valence-corrected chi connectivity index (χ2v) is 4.32. The zero-order valence-corrected chi connectivity index (χ0v) is 9.80. The molecule has 1 aliphatic heterocycles. The van der Waals surface area contributed by atoms with Crippen molar-refractivity contribution in [1.82, 2.24) is 4.90 Å². The minimum Gasteiger partial charge on any atom is -0.383 e. The molecule has 0 saturated carbocycles. The molecule has 5 nitrogen and oxygen atoms in total. The summed E-state index contributed by atoms with van der Waals surface area (Å²) in [7, 11) is -2.90. The molecule has 0 atom stereocenters. The van der Waals surface area contributed by atoms with E-state index in [1.54, 1.807) is 7.11 Å². The molecule has 0 amide bonds. The highest BCUT2D eigenvalue weighted by Crippen LogP contribution is 2.07. The number of hydrogen-bond donors (Lipinski definition) is 1. The third-order valence-corrected chi connectivity index (χ3v) is 2.06. The first-order valence-corrected chi connectivity index (χ1v) is 6.32. The lowest BCUT2D eigenvalue weighted by Crippen LogP contribution is -2.32. The summed E-state index contributed by atoms with van der Waals surface area (Å²) in [5.41, 5.74) is 0. The monoisotopic (exact) mass is 242 g/mol. The van der Waals surface area contributed by atoms with E-state index < -0.39 is 10.4 Å². The van der Waals surface area contributed by atoms with Crippen LogP contribution in [0.1, 0.15) is 19.3 Å². The number of nitrogens with two attached hydrogens (primary N) is 1. The summed E-state index contributed by atoms with van der Waals surface area (Å²) in [5.74, 6) is 0. The quantitative estimate of drug-likeness (QED) is 0.721. The van der Waals surface area contributed by atoms with Crippen LogP contribution in [0.2, 0.25) is 0 Å². The second kappa shape index (κ2) is 7.98. The van der Waals surface area contributed by atoms with Gasteiger partial charge in [-0.05, 0) is 25.9 Å². The Hall–Kier alpha value is -0.240. The Morgan fingerprint density at radius 2 is 1.80 bits per heavy atom. The SMILES string of the molecule is COCCN1CCCCC1.NS(=O)(=O)F. The van der Waals surface area contributed by atoms with Gasteiger partial charge in [-0.2, -0.15) is 8.42 Å². The van der Waals surface area contributed by atoms with Crippen molar-refractivity contribution in [2.24, 2.45) is 5.14 Å². The molecule has 1 fully saturated rings. The van der Waals surface area contributed by atoms with E-state index in [0.29, 0.717) is 0 Å². The van der Waals surface area contributed by atoms with Crippen LogP contribution < -0.4 is 5.14 Å². The number of nitrogens with zero attached hydrogens (tertiary/aromatic N) is 1. The number of halogens is 1. The van der Waals surface area contributed by atoms with Gasteiger partial charge in [-0.15, -0.1) is 0 Å². The number of ether oxygens (including phenoxy) is 1. The first kappa shape index (κ1) is 14.8. The van der Waals surface area contributed by atoms with Gasteiger partial charge in [-0.25, -0.2) is 5.14 Å². The molecule has 1 rings (SSSR count). The van der Waals surface area contributed by atoms with Gasteiger partial charge < -0.3 is 9.64 Å². The van der Waals surface area contributed by atoms with E-state index in [4.69, 9.17) is 13.2 Å². The molecule has 0 aromatic heterocycles. The Bertz CT molecular complexity index is 232. The standard InChI is InChI=1S/C8H17NO.FH2NO2S/c1-10-8-7-9-5-3-2-4-6-9;1-5(2,3)4/h2-8H2,1H3;(H2,2,3,4). The molecule has 0 unspecified atom stereocenters. The summed E-state index contributed by atoms with van der Waals surface area (Å²) in [4.78, 5) is 2.48. The Morgan fingerprint density at radius 3 is 2.20 bits per heavy atom. The van der Waals surface area contributed by atoms with E-state index in [-0.39, 0.29) is 0 Å². The van der Waals surface area contributed by atoms with Gasteiger partial charge in [0.1, 0.15) is 0 Å². The van der Waals surface area contributed by atoms with Crippen LogP contribution >= 0.6 is 0 Å². The van der Waals surface area contributed by atoms with Crippen molar-refractivity contribution in [3.63, 3.8) is 0 Å². The fourth-order valence-electron chi connectivity index (χ4n) is 1.40. The average molecular weight is 242 g/mol. The number of methoxy groups -OCH3 is 1. The smallest absolute Gasteiger partial charge is 0.369 e. The fraction of sp³-hybridized carbons (Fsp3) is 1.00. The zero-order chi connectivity index (χ0) is 11.7.